The molecule has 1 saturated carbocycles. The Kier molecular flexibility index (Phi) is 4.04. The normalized spacial score (nSPS) is 28.7. The second-order valence-electron chi connectivity index (χ2n) is 7.97. The minimum Gasteiger partial charge on any atom is -0.472 e. The summed E-state index contributed by atoms with van der Waals surface area (Å²) in [5.41, 5.74) is -0.383. The zero-order chi connectivity index (χ0) is 26.8. The van der Waals surface area contributed by atoms with E-state index in [0.717, 1.165) is 17.0 Å². The number of halogens is 3. The molecule has 1 aliphatic heterocycles. The highest BCUT2D eigenvalue weighted by Crippen LogP contribution is 2.44. The van der Waals surface area contributed by atoms with Crippen LogP contribution in [0.2, 0.25) is 0 Å². The molecule has 1 amide bonds. The molecule has 172 valence electrons. The average molecular weight is 462 g/mol. The van der Waals surface area contributed by atoms with Gasteiger partial charge >= 0.3 is 6.18 Å². The summed E-state index contributed by atoms with van der Waals surface area (Å²) in [4.78, 5) is 24.2. The van der Waals surface area contributed by atoms with Gasteiger partial charge in [-0.15, -0.1) is 4.80 Å². The number of aromatic nitrogens is 5. The van der Waals surface area contributed by atoms with Crippen molar-refractivity contribution in [1.82, 2.24) is 29.9 Å². The molecule has 0 spiro atoms. The molecule has 3 aromatic rings. The van der Waals surface area contributed by atoms with Crippen molar-refractivity contribution < 1.29 is 28.2 Å². The number of aryl methyl sites for hydroxylation is 1. The van der Waals surface area contributed by atoms with Gasteiger partial charge in [-0.25, -0.2) is 9.97 Å². The van der Waals surface area contributed by atoms with Crippen LogP contribution >= 0.6 is 0 Å². The highest BCUT2D eigenvalue weighted by Gasteiger charge is 2.53. The fourth-order valence-electron chi connectivity index (χ4n) is 4.33. The summed E-state index contributed by atoms with van der Waals surface area (Å²) in [5.74, 6) is -1.68. The molecule has 0 aromatic carbocycles. The van der Waals surface area contributed by atoms with E-state index in [1.54, 1.807) is 19.1 Å². The summed E-state index contributed by atoms with van der Waals surface area (Å²) in [6.07, 6.45) is -1.60. The summed E-state index contributed by atoms with van der Waals surface area (Å²) >= 11 is 0. The van der Waals surface area contributed by atoms with Crippen molar-refractivity contribution in [3.63, 3.8) is 0 Å². The summed E-state index contributed by atoms with van der Waals surface area (Å²) in [5, 5.41) is 8.08. The van der Waals surface area contributed by atoms with Crippen LogP contribution < -0.4 is 4.74 Å². The highest BCUT2D eigenvalue weighted by molar-refractivity contribution is 5.96. The number of likely N-dealkylation sites (tertiary alicyclic amines) is 1. The Morgan fingerprint density at radius 1 is 1.21 bits per heavy atom. The zero-order valence-corrected chi connectivity index (χ0v) is 17.3. The van der Waals surface area contributed by atoms with Gasteiger partial charge in [-0.05, 0) is 50.7 Å². The van der Waals surface area contributed by atoms with Crippen molar-refractivity contribution in [2.45, 2.75) is 51.0 Å². The molecule has 2 fully saturated rings. The van der Waals surface area contributed by atoms with E-state index in [1.165, 1.54) is 17.2 Å². The molecule has 4 heterocycles. The summed E-state index contributed by atoms with van der Waals surface area (Å²) in [7, 11) is 0. The van der Waals surface area contributed by atoms with Crippen LogP contribution in [0.5, 0.6) is 5.88 Å². The lowest BCUT2D eigenvalue weighted by molar-refractivity contribution is -0.137. The summed E-state index contributed by atoms with van der Waals surface area (Å²) in [6, 6.07) is 2.01. The Bertz CT molecular complexity index is 1320. The van der Waals surface area contributed by atoms with Gasteiger partial charge in [0.15, 0.2) is 5.69 Å². The van der Waals surface area contributed by atoms with Gasteiger partial charge in [-0.3, -0.25) is 4.79 Å². The van der Waals surface area contributed by atoms with Crippen LogP contribution in [0.15, 0.2) is 42.9 Å². The lowest BCUT2D eigenvalue weighted by Crippen LogP contribution is -2.51. The number of carbonyl (C=O) groups excluding carboxylic acids is 1. The molecule has 2 bridgehead atoms. The molecule has 8 nitrogen and oxygen atoms in total. The monoisotopic (exact) mass is 462 g/mol. The first-order valence-electron chi connectivity index (χ1n) is 12.2. The Hall–Kier alpha value is -3.50. The number of alkyl halides is 3. The first-order chi connectivity index (χ1) is 17.3. The second kappa shape index (κ2) is 7.82. The molecule has 0 N–H and O–H groups in total. The maximum absolute atomic E-state index is 13.9. The standard InChI is InChI=1S/C22H21F3N6O2/c1-12-3-5-16(31-27-7-8-28-31)20(29-12)21(32)30-13(2)14-9-17(30)18(10-14)33-19-6-4-15(11-26-19)22(23,24)25/h3-8,11,13-14,17-18H,9-10H2,1-2H3/i2D3,13D. The Morgan fingerprint density at radius 2 is 2.00 bits per heavy atom. The number of ether oxygens (including phenoxy) is 1. The van der Waals surface area contributed by atoms with E-state index in [4.69, 9.17) is 10.2 Å². The van der Waals surface area contributed by atoms with Gasteiger partial charge in [0.1, 0.15) is 11.8 Å². The number of rotatable bonds is 4. The van der Waals surface area contributed by atoms with E-state index in [-0.39, 0.29) is 30.1 Å². The van der Waals surface area contributed by atoms with Gasteiger partial charge in [0.05, 0.1) is 25.4 Å². The maximum atomic E-state index is 13.9. The van der Waals surface area contributed by atoms with Crippen molar-refractivity contribution in [2.75, 3.05) is 0 Å². The van der Waals surface area contributed by atoms with Crippen LogP contribution in [0, 0.1) is 12.8 Å². The third-order valence-electron chi connectivity index (χ3n) is 5.85. The van der Waals surface area contributed by atoms with Gasteiger partial charge in [0.2, 0.25) is 5.88 Å². The SMILES string of the molecule is [2H]C([2H])([2H])C1([2H])C2CC(Oc3ccc(C(F)(F)F)cn3)C(C2)N1C(=O)c1nc(C)ccc1-n1nccn1. The topological polar surface area (TPSA) is 86.0 Å². The molecule has 1 aliphatic carbocycles. The van der Waals surface area contributed by atoms with Crippen LogP contribution in [0.25, 0.3) is 5.69 Å². The summed E-state index contributed by atoms with van der Waals surface area (Å²) < 4.78 is 77.9. The molecule has 3 aromatic heterocycles. The van der Waals surface area contributed by atoms with Crippen LogP contribution in [-0.4, -0.2) is 53.9 Å². The molecular weight excluding hydrogens is 437 g/mol. The molecular formula is C22H21F3N6O2. The van der Waals surface area contributed by atoms with Gasteiger partial charge in [-0.1, -0.05) is 0 Å². The fourth-order valence-corrected chi connectivity index (χ4v) is 4.33. The van der Waals surface area contributed by atoms with Crippen molar-refractivity contribution in [3.8, 4) is 11.6 Å². The van der Waals surface area contributed by atoms with Crippen LogP contribution in [0.3, 0.4) is 0 Å². The molecule has 1 saturated heterocycles. The lowest BCUT2D eigenvalue weighted by Gasteiger charge is -2.37. The third kappa shape index (κ3) is 3.81. The van der Waals surface area contributed by atoms with E-state index in [0.29, 0.717) is 11.9 Å². The van der Waals surface area contributed by atoms with Crippen molar-refractivity contribution >= 4 is 5.91 Å². The predicted molar refractivity (Wildman–Crippen MR) is 110 cm³/mol. The number of hydrogen-bond donors (Lipinski definition) is 0. The number of pyridine rings is 2. The molecule has 2 aliphatic rings. The first kappa shape index (κ1) is 17.0. The average Bonchev–Trinajstić information content (AvgIpc) is 3.54. The molecule has 33 heavy (non-hydrogen) atoms. The van der Waals surface area contributed by atoms with E-state index < -0.39 is 48.6 Å². The lowest BCUT2D eigenvalue weighted by atomic mass is 9.98. The van der Waals surface area contributed by atoms with Crippen molar-refractivity contribution in [3.05, 3.63) is 59.8 Å². The van der Waals surface area contributed by atoms with Crippen LogP contribution in [0.4, 0.5) is 13.2 Å². The van der Waals surface area contributed by atoms with Gasteiger partial charge in [0, 0.05) is 28.1 Å². The molecule has 0 radical (unpaired) electrons. The third-order valence-corrected chi connectivity index (χ3v) is 5.85. The maximum Gasteiger partial charge on any atom is 0.417 e. The van der Waals surface area contributed by atoms with Crippen LogP contribution in [-0.2, 0) is 6.18 Å². The number of nitrogens with zero attached hydrogens (tertiary/aromatic N) is 6. The fraction of sp³-hybridized carbons (Fsp3) is 0.409. The Morgan fingerprint density at radius 3 is 2.67 bits per heavy atom. The van der Waals surface area contributed by atoms with E-state index in [9.17, 15) is 18.0 Å². The van der Waals surface area contributed by atoms with Gasteiger partial charge < -0.3 is 9.64 Å². The first-order valence-corrected chi connectivity index (χ1v) is 10.2. The predicted octanol–water partition coefficient (Wildman–Crippen LogP) is 3.46. The Balaban J connectivity index is 1.51. The van der Waals surface area contributed by atoms with E-state index in [2.05, 4.69) is 20.2 Å². The molecule has 11 heteroatoms. The smallest absolute Gasteiger partial charge is 0.417 e. The largest absolute Gasteiger partial charge is 0.472 e. The number of hydrogen-bond acceptors (Lipinski definition) is 6. The number of piperidine rings is 1. The number of fused-ring (bicyclic) bond motifs is 2. The van der Waals surface area contributed by atoms with Crippen molar-refractivity contribution in [1.29, 1.82) is 0 Å². The van der Waals surface area contributed by atoms with E-state index >= 15 is 0 Å². The highest BCUT2D eigenvalue weighted by atomic mass is 19.4. The quantitative estimate of drug-likeness (QED) is 0.590. The minimum absolute atomic E-state index is 0.0995. The molecule has 4 atom stereocenters. The summed E-state index contributed by atoms with van der Waals surface area (Å²) in [6.45, 7) is -1.19. The second-order valence-corrected chi connectivity index (χ2v) is 7.97. The van der Waals surface area contributed by atoms with Gasteiger partial charge in [-0.2, -0.15) is 23.4 Å². The van der Waals surface area contributed by atoms with Crippen molar-refractivity contribution in [2.24, 2.45) is 5.92 Å². The minimum atomic E-state index is -4.56. The molecule has 5 rings (SSSR count). The van der Waals surface area contributed by atoms with Crippen LogP contribution in [0.1, 0.15) is 46.9 Å². The number of carbonyl (C=O) groups is 1. The van der Waals surface area contributed by atoms with E-state index in [1.807, 2.05) is 0 Å². The zero-order valence-electron chi connectivity index (χ0n) is 21.3. The number of amides is 1. The van der Waals surface area contributed by atoms with Gasteiger partial charge in [0.25, 0.3) is 5.91 Å². The Labute approximate surface area is 193 Å². The molecule has 4 unspecified atom stereocenters.